The molecule has 1 aliphatic carbocycles. The summed E-state index contributed by atoms with van der Waals surface area (Å²) in [4.78, 5) is 57.2. The molecule has 2 amide bonds. The smallest absolute Gasteiger partial charge is 0.257 e. The van der Waals surface area contributed by atoms with Crippen molar-refractivity contribution in [1.82, 2.24) is 39.3 Å². The Hall–Kier alpha value is -4.29. The van der Waals surface area contributed by atoms with Crippen molar-refractivity contribution in [1.29, 1.82) is 0 Å². The van der Waals surface area contributed by atoms with Crippen LogP contribution < -0.4 is 4.90 Å². The molecule has 1 aromatic carbocycles. The van der Waals surface area contributed by atoms with Crippen LogP contribution in [0.2, 0.25) is 0 Å². The fourth-order valence-electron chi connectivity index (χ4n) is 7.13. The first-order valence-electron chi connectivity index (χ1n) is 15.5. The van der Waals surface area contributed by atoms with Crippen LogP contribution in [0.5, 0.6) is 0 Å². The predicted octanol–water partition coefficient (Wildman–Crippen LogP) is 2.70. The maximum Gasteiger partial charge on any atom is 0.257 e. The number of likely N-dealkylation sites (tertiary alicyclic amines) is 1. The molecule has 3 fully saturated rings. The SMILES string of the molecule is Cc1ncc(-c2nc3c(-c4ccc5c(c4)[C@@]4(CCCN4C(=O)C4CC4)C(=O)N5CCN4CCOCC4)ncnc3n2C)cn1. The van der Waals surface area contributed by atoms with E-state index in [9.17, 15) is 9.59 Å². The molecule has 4 aliphatic rings. The number of anilines is 1. The van der Waals surface area contributed by atoms with Crippen LogP contribution in [-0.2, 0) is 26.9 Å². The lowest BCUT2D eigenvalue weighted by Crippen LogP contribution is -2.53. The number of benzene rings is 1. The third kappa shape index (κ3) is 4.22. The molecule has 12 nitrogen and oxygen atoms in total. The van der Waals surface area contributed by atoms with E-state index >= 15 is 0 Å². The summed E-state index contributed by atoms with van der Waals surface area (Å²) < 4.78 is 7.45. The van der Waals surface area contributed by atoms with Crippen molar-refractivity contribution < 1.29 is 14.3 Å². The highest BCUT2D eigenvalue weighted by Crippen LogP contribution is 2.52. The van der Waals surface area contributed by atoms with E-state index in [2.05, 4.69) is 25.9 Å². The number of aromatic nitrogens is 6. The summed E-state index contributed by atoms with van der Waals surface area (Å²) in [6, 6.07) is 6.12. The van der Waals surface area contributed by atoms with Gasteiger partial charge in [0.2, 0.25) is 5.91 Å². The molecule has 1 atom stereocenters. The van der Waals surface area contributed by atoms with Crippen molar-refractivity contribution in [2.45, 2.75) is 38.1 Å². The maximum atomic E-state index is 14.5. The minimum absolute atomic E-state index is 0.0109. The van der Waals surface area contributed by atoms with Gasteiger partial charge in [0.15, 0.2) is 5.65 Å². The Morgan fingerprint density at radius 2 is 1.82 bits per heavy atom. The quantitative estimate of drug-likeness (QED) is 0.332. The molecule has 0 unspecified atom stereocenters. The number of morpholine rings is 1. The third-order valence-corrected chi connectivity index (χ3v) is 9.62. The number of fused-ring (bicyclic) bond motifs is 3. The van der Waals surface area contributed by atoms with E-state index in [1.807, 2.05) is 40.5 Å². The van der Waals surface area contributed by atoms with Crippen molar-refractivity contribution in [3.63, 3.8) is 0 Å². The van der Waals surface area contributed by atoms with Gasteiger partial charge < -0.3 is 19.1 Å². The molecule has 1 saturated carbocycles. The molecule has 12 heteroatoms. The van der Waals surface area contributed by atoms with Gasteiger partial charge in [-0.1, -0.05) is 6.07 Å². The van der Waals surface area contributed by atoms with E-state index in [0.717, 1.165) is 61.3 Å². The Balaban J connectivity index is 1.23. The minimum atomic E-state index is -0.989. The van der Waals surface area contributed by atoms with Crippen LogP contribution in [0.4, 0.5) is 5.69 Å². The number of nitrogens with zero attached hydrogens (tertiary/aromatic N) is 9. The van der Waals surface area contributed by atoms with Gasteiger partial charge in [0.05, 0.1) is 18.8 Å². The van der Waals surface area contributed by atoms with E-state index in [1.165, 1.54) is 0 Å². The summed E-state index contributed by atoms with van der Waals surface area (Å²) in [5, 5.41) is 0. The van der Waals surface area contributed by atoms with E-state index in [0.29, 0.717) is 61.2 Å². The van der Waals surface area contributed by atoms with Crippen molar-refractivity contribution in [2.24, 2.45) is 13.0 Å². The van der Waals surface area contributed by atoms with Crippen LogP contribution in [0.25, 0.3) is 33.8 Å². The van der Waals surface area contributed by atoms with Crippen LogP contribution in [0.1, 0.15) is 37.1 Å². The molecule has 8 rings (SSSR count). The van der Waals surface area contributed by atoms with Gasteiger partial charge in [0.25, 0.3) is 5.91 Å². The molecular formula is C32H35N9O3. The number of ether oxygens (including phenoxy) is 1. The van der Waals surface area contributed by atoms with E-state index in [4.69, 9.17) is 14.7 Å². The number of carbonyl (C=O) groups excluding carboxylic acids is 2. The van der Waals surface area contributed by atoms with Crippen molar-refractivity contribution in [3.8, 4) is 22.6 Å². The summed E-state index contributed by atoms with van der Waals surface area (Å²) >= 11 is 0. The molecule has 0 N–H and O–H groups in total. The number of hydrogen-bond donors (Lipinski definition) is 0. The molecule has 226 valence electrons. The van der Waals surface area contributed by atoms with Crippen LogP contribution in [-0.4, -0.2) is 97.0 Å². The van der Waals surface area contributed by atoms with Gasteiger partial charge in [-0.15, -0.1) is 0 Å². The summed E-state index contributed by atoms with van der Waals surface area (Å²) in [7, 11) is 1.92. The average Bonchev–Trinajstić information content (AvgIpc) is 3.66. The van der Waals surface area contributed by atoms with E-state index < -0.39 is 5.54 Å². The highest BCUT2D eigenvalue weighted by Gasteiger charge is 2.59. The van der Waals surface area contributed by atoms with Gasteiger partial charge in [-0.3, -0.25) is 14.5 Å². The summed E-state index contributed by atoms with van der Waals surface area (Å²) in [6.45, 7) is 6.91. The molecule has 2 saturated heterocycles. The summed E-state index contributed by atoms with van der Waals surface area (Å²) in [5.74, 6) is 1.54. The monoisotopic (exact) mass is 593 g/mol. The maximum absolute atomic E-state index is 14.5. The number of aryl methyl sites for hydroxylation is 2. The fraction of sp³-hybridized carbons (Fsp3) is 0.469. The zero-order valence-corrected chi connectivity index (χ0v) is 25.1. The minimum Gasteiger partial charge on any atom is -0.379 e. The number of carbonyl (C=O) groups is 2. The fourth-order valence-corrected chi connectivity index (χ4v) is 7.13. The van der Waals surface area contributed by atoms with Gasteiger partial charge >= 0.3 is 0 Å². The van der Waals surface area contributed by atoms with Crippen LogP contribution in [0.15, 0.2) is 36.9 Å². The standard InChI is InChI=1S/C32H35N9O3/c1-20-33-17-23(18-34-20)28-37-27-26(35-19-36-29(27)38(28)2)22-6-7-25-24(16-22)32(8-3-9-41(32)30(42)21-4-5-21)31(43)40(25)11-10-39-12-14-44-15-13-39/h6-7,16-19,21H,3-5,8-15H2,1-2H3/t32-/m0/s1. The molecule has 3 aliphatic heterocycles. The van der Waals surface area contributed by atoms with E-state index in [-0.39, 0.29) is 17.7 Å². The topological polar surface area (TPSA) is 122 Å². The second-order valence-corrected chi connectivity index (χ2v) is 12.3. The Morgan fingerprint density at radius 1 is 1.02 bits per heavy atom. The van der Waals surface area contributed by atoms with Crippen LogP contribution in [0, 0.1) is 12.8 Å². The third-order valence-electron chi connectivity index (χ3n) is 9.62. The van der Waals surface area contributed by atoms with Crippen LogP contribution in [0.3, 0.4) is 0 Å². The first kappa shape index (κ1) is 27.3. The molecule has 4 aromatic rings. The largest absolute Gasteiger partial charge is 0.379 e. The molecular weight excluding hydrogens is 558 g/mol. The summed E-state index contributed by atoms with van der Waals surface area (Å²) in [5.41, 5.74) is 4.44. The zero-order valence-electron chi connectivity index (χ0n) is 25.1. The normalized spacial score (nSPS) is 22.0. The van der Waals surface area contributed by atoms with Gasteiger partial charge in [0, 0.05) is 74.9 Å². The van der Waals surface area contributed by atoms with Crippen LogP contribution >= 0.6 is 0 Å². The molecule has 1 spiro atoms. The van der Waals surface area contributed by atoms with Gasteiger partial charge in [-0.2, -0.15) is 0 Å². The highest BCUT2D eigenvalue weighted by atomic mass is 16.5. The Morgan fingerprint density at radius 3 is 2.59 bits per heavy atom. The second kappa shape index (κ2) is 10.4. The molecule has 0 bridgehead atoms. The predicted molar refractivity (Wildman–Crippen MR) is 162 cm³/mol. The number of amides is 2. The Kier molecular flexibility index (Phi) is 6.45. The lowest BCUT2D eigenvalue weighted by atomic mass is 9.86. The number of rotatable bonds is 6. The van der Waals surface area contributed by atoms with Crippen molar-refractivity contribution >= 4 is 28.7 Å². The Labute approximate surface area is 255 Å². The molecule has 6 heterocycles. The molecule has 3 aromatic heterocycles. The lowest BCUT2D eigenvalue weighted by molar-refractivity contribution is -0.144. The van der Waals surface area contributed by atoms with Gasteiger partial charge in [-0.05, 0) is 44.7 Å². The van der Waals surface area contributed by atoms with Crippen molar-refractivity contribution in [2.75, 3.05) is 50.8 Å². The highest BCUT2D eigenvalue weighted by molar-refractivity contribution is 6.10. The van der Waals surface area contributed by atoms with Gasteiger partial charge in [-0.25, -0.2) is 24.9 Å². The lowest BCUT2D eigenvalue weighted by Gasteiger charge is -2.35. The first-order valence-corrected chi connectivity index (χ1v) is 15.5. The van der Waals surface area contributed by atoms with E-state index in [1.54, 1.807) is 18.7 Å². The first-order chi connectivity index (χ1) is 21.5. The zero-order chi connectivity index (χ0) is 30.0. The number of imidazole rings is 1. The molecule has 0 radical (unpaired) electrons. The summed E-state index contributed by atoms with van der Waals surface area (Å²) in [6.07, 6.45) is 8.30. The average molecular weight is 594 g/mol. The molecule has 44 heavy (non-hydrogen) atoms. The van der Waals surface area contributed by atoms with Gasteiger partial charge in [0.1, 0.15) is 34.7 Å². The number of hydrogen-bond acceptors (Lipinski definition) is 9. The second-order valence-electron chi connectivity index (χ2n) is 12.3. The Bertz CT molecular complexity index is 1780. The van der Waals surface area contributed by atoms with Crippen molar-refractivity contribution in [3.05, 3.63) is 48.3 Å².